The van der Waals surface area contributed by atoms with E-state index in [2.05, 4.69) is 50.0 Å². The Morgan fingerprint density at radius 2 is 1.72 bits per heavy atom. The molecule has 18 heavy (non-hydrogen) atoms. The zero-order valence-corrected chi connectivity index (χ0v) is 11.3. The number of nitrogens with two attached hydrogens (primary N) is 1. The van der Waals surface area contributed by atoms with Crippen molar-refractivity contribution >= 4 is 5.69 Å². The van der Waals surface area contributed by atoms with Gasteiger partial charge in [-0.1, -0.05) is 45.0 Å². The third kappa shape index (κ3) is 2.89. The van der Waals surface area contributed by atoms with E-state index < -0.39 is 0 Å². The fourth-order valence-corrected chi connectivity index (χ4v) is 1.94. The summed E-state index contributed by atoms with van der Waals surface area (Å²) in [7, 11) is 0. The van der Waals surface area contributed by atoms with Gasteiger partial charge in [-0.15, -0.1) is 0 Å². The van der Waals surface area contributed by atoms with Crippen molar-refractivity contribution in [3.05, 3.63) is 59.4 Å². The van der Waals surface area contributed by atoms with Crippen LogP contribution in [0.3, 0.4) is 0 Å². The smallest absolute Gasteiger partial charge is 0.0536 e. The molecule has 0 unspecified atom stereocenters. The van der Waals surface area contributed by atoms with Crippen molar-refractivity contribution in [3.63, 3.8) is 0 Å². The van der Waals surface area contributed by atoms with Gasteiger partial charge in [-0.25, -0.2) is 0 Å². The Morgan fingerprint density at radius 3 is 2.28 bits per heavy atom. The van der Waals surface area contributed by atoms with Crippen molar-refractivity contribution in [1.29, 1.82) is 0 Å². The van der Waals surface area contributed by atoms with Gasteiger partial charge in [-0.3, -0.25) is 4.98 Å². The quantitative estimate of drug-likeness (QED) is 0.871. The van der Waals surface area contributed by atoms with Crippen molar-refractivity contribution in [2.24, 2.45) is 0 Å². The predicted molar refractivity (Wildman–Crippen MR) is 76.6 cm³/mol. The van der Waals surface area contributed by atoms with Gasteiger partial charge in [0.05, 0.1) is 11.9 Å². The van der Waals surface area contributed by atoms with Gasteiger partial charge in [0.2, 0.25) is 0 Å². The van der Waals surface area contributed by atoms with Crippen LogP contribution in [0.5, 0.6) is 0 Å². The Morgan fingerprint density at radius 1 is 1.06 bits per heavy atom. The van der Waals surface area contributed by atoms with E-state index in [-0.39, 0.29) is 5.41 Å². The average Bonchev–Trinajstić information content (AvgIpc) is 2.32. The molecule has 0 saturated heterocycles. The number of aromatic nitrogens is 1. The lowest BCUT2D eigenvalue weighted by molar-refractivity contribution is 0.590. The van der Waals surface area contributed by atoms with E-state index >= 15 is 0 Å². The fourth-order valence-electron chi connectivity index (χ4n) is 1.94. The van der Waals surface area contributed by atoms with E-state index in [0.717, 1.165) is 17.7 Å². The SMILES string of the molecule is CC(C)(C)c1ccc(Cc2ccncc2N)cc1. The third-order valence-corrected chi connectivity index (χ3v) is 3.16. The second-order valence-corrected chi connectivity index (χ2v) is 5.70. The van der Waals surface area contributed by atoms with E-state index in [1.807, 2.05) is 6.07 Å². The molecular formula is C16H20N2. The largest absolute Gasteiger partial charge is 0.397 e. The molecule has 2 aromatic rings. The van der Waals surface area contributed by atoms with Gasteiger partial charge >= 0.3 is 0 Å². The standard InChI is InChI=1S/C16H20N2/c1-16(2,3)14-6-4-12(5-7-14)10-13-8-9-18-11-15(13)17/h4-9,11H,10,17H2,1-3H3. The summed E-state index contributed by atoms with van der Waals surface area (Å²) in [5.41, 5.74) is 10.6. The number of hydrogen-bond donors (Lipinski definition) is 1. The number of pyridine rings is 1. The molecule has 0 amide bonds. The van der Waals surface area contributed by atoms with E-state index in [1.54, 1.807) is 12.4 Å². The zero-order chi connectivity index (χ0) is 13.2. The zero-order valence-electron chi connectivity index (χ0n) is 11.3. The van der Waals surface area contributed by atoms with Gasteiger partial charge < -0.3 is 5.73 Å². The molecule has 1 aromatic heterocycles. The molecule has 94 valence electrons. The molecule has 0 atom stereocenters. The number of benzene rings is 1. The van der Waals surface area contributed by atoms with Crippen molar-refractivity contribution in [1.82, 2.24) is 4.98 Å². The molecule has 0 aliphatic carbocycles. The molecule has 1 aromatic carbocycles. The van der Waals surface area contributed by atoms with Crippen LogP contribution in [0.1, 0.15) is 37.5 Å². The van der Waals surface area contributed by atoms with Crippen LogP contribution < -0.4 is 5.73 Å². The van der Waals surface area contributed by atoms with Crippen LogP contribution in [-0.2, 0) is 11.8 Å². The number of rotatable bonds is 2. The molecule has 0 saturated carbocycles. The molecule has 2 heteroatoms. The molecule has 2 N–H and O–H groups in total. The van der Waals surface area contributed by atoms with Crippen molar-refractivity contribution < 1.29 is 0 Å². The third-order valence-electron chi connectivity index (χ3n) is 3.16. The highest BCUT2D eigenvalue weighted by atomic mass is 14.7. The lowest BCUT2D eigenvalue weighted by Gasteiger charge is -2.19. The minimum Gasteiger partial charge on any atom is -0.397 e. The number of hydrogen-bond acceptors (Lipinski definition) is 2. The molecule has 0 spiro atoms. The van der Waals surface area contributed by atoms with Crippen LogP contribution in [0.15, 0.2) is 42.7 Å². The molecular weight excluding hydrogens is 220 g/mol. The van der Waals surface area contributed by atoms with E-state index in [0.29, 0.717) is 0 Å². The maximum atomic E-state index is 5.91. The Hall–Kier alpha value is -1.83. The fraction of sp³-hybridized carbons (Fsp3) is 0.312. The van der Waals surface area contributed by atoms with Gasteiger partial charge in [-0.2, -0.15) is 0 Å². The maximum absolute atomic E-state index is 5.91. The summed E-state index contributed by atoms with van der Waals surface area (Å²) < 4.78 is 0. The predicted octanol–water partition coefficient (Wildman–Crippen LogP) is 3.55. The minimum atomic E-state index is 0.203. The molecule has 2 nitrogen and oxygen atoms in total. The Bertz CT molecular complexity index is 522. The summed E-state index contributed by atoms with van der Waals surface area (Å²) >= 11 is 0. The summed E-state index contributed by atoms with van der Waals surface area (Å²) in [4.78, 5) is 4.01. The first kappa shape index (κ1) is 12.6. The Labute approximate surface area is 109 Å². The van der Waals surface area contributed by atoms with E-state index in [4.69, 9.17) is 5.73 Å². The molecule has 1 heterocycles. The maximum Gasteiger partial charge on any atom is 0.0536 e. The summed E-state index contributed by atoms with van der Waals surface area (Å²) in [5, 5.41) is 0. The lowest BCUT2D eigenvalue weighted by Crippen LogP contribution is -2.10. The summed E-state index contributed by atoms with van der Waals surface area (Å²) in [6, 6.07) is 10.7. The second-order valence-electron chi connectivity index (χ2n) is 5.70. The van der Waals surface area contributed by atoms with Crippen LogP contribution in [0, 0.1) is 0 Å². The number of anilines is 1. The van der Waals surface area contributed by atoms with Crippen LogP contribution in [0.25, 0.3) is 0 Å². The molecule has 0 aliphatic heterocycles. The van der Waals surface area contributed by atoms with Gasteiger partial charge in [0, 0.05) is 6.20 Å². The topological polar surface area (TPSA) is 38.9 Å². The van der Waals surface area contributed by atoms with Crippen molar-refractivity contribution in [3.8, 4) is 0 Å². The molecule has 0 aliphatic rings. The molecule has 2 rings (SSSR count). The first-order chi connectivity index (χ1) is 8.47. The summed E-state index contributed by atoms with van der Waals surface area (Å²) in [6.45, 7) is 6.68. The molecule has 0 fully saturated rings. The summed E-state index contributed by atoms with van der Waals surface area (Å²) in [5.74, 6) is 0. The van der Waals surface area contributed by atoms with Crippen LogP contribution in [-0.4, -0.2) is 4.98 Å². The number of nitrogens with zero attached hydrogens (tertiary/aromatic N) is 1. The van der Waals surface area contributed by atoms with Gasteiger partial charge in [0.15, 0.2) is 0 Å². The highest BCUT2D eigenvalue weighted by Crippen LogP contribution is 2.23. The van der Waals surface area contributed by atoms with Gasteiger partial charge in [0.1, 0.15) is 0 Å². The molecule has 0 bridgehead atoms. The Balaban J connectivity index is 2.19. The van der Waals surface area contributed by atoms with E-state index in [9.17, 15) is 0 Å². The van der Waals surface area contributed by atoms with Crippen LogP contribution in [0.2, 0.25) is 0 Å². The van der Waals surface area contributed by atoms with Crippen LogP contribution >= 0.6 is 0 Å². The first-order valence-electron chi connectivity index (χ1n) is 6.24. The number of nitrogen functional groups attached to an aromatic ring is 1. The minimum absolute atomic E-state index is 0.203. The molecule has 0 radical (unpaired) electrons. The first-order valence-corrected chi connectivity index (χ1v) is 6.24. The van der Waals surface area contributed by atoms with Gasteiger partial charge in [-0.05, 0) is 34.6 Å². The lowest BCUT2D eigenvalue weighted by atomic mass is 9.86. The van der Waals surface area contributed by atoms with Crippen molar-refractivity contribution in [2.75, 3.05) is 5.73 Å². The normalized spacial score (nSPS) is 11.5. The van der Waals surface area contributed by atoms with Gasteiger partial charge in [0.25, 0.3) is 0 Å². The highest BCUT2D eigenvalue weighted by Gasteiger charge is 2.12. The summed E-state index contributed by atoms with van der Waals surface area (Å²) in [6.07, 6.45) is 4.35. The Kier molecular flexibility index (Phi) is 3.37. The highest BCUT2D eigenvalue weighted by molar-refractivity contribution is 5.46. The monoisotopic (exact) mass is 240 g/mol. The second kappa shape index (κ2) is 4.81. The average molecular weight is 240 g/mol. The van der Waals surface area contributed by atoms with E-state index in [1.165, 1.54) is 11.1 Å². The van der Waals surface area contributed by atoms with Crippen molar-refractivity contribution in [2.45, 2.75) is 32.6 Å². The van der Waals surface area contributed by atoms with Crippen LogP contribution in [0.4, 0.5) is 5.69 Å².